The Morgan fingerprint density at radius 2 is 1.38 bits per heavy atom. The number of piperidine rings is 1. The summed E-state index contributed by atoms with van der Waals surface area (Å²) in [5.74, 6) is 1.11. The Morgan fingerprint density at radius 3 is 1.97 bits per heavy atom. The van der Waals surface area contributed by atoms with Gasteiger partial charge in [-0.05, 0) is 30.7 Å². The molecule has 0 spiro atoms. The largest absolute Gasteiger partial charge is 0.343 e. The molecule has 34 heavy (non-hydrogen) atoms. The molecule has 0 radical (unpaired) electrons. The minimum atomic E-state index is 0.194. The van der Waals surface area contributed by atoms with Crippen LogP contribution in [0.1, 0.15) is 116 Å². The van der Waals surface area contributed by atoms with E-state index in [1.807, 2.05) is 28.0 Å². The molecule has 1 aromatic rings. The van der Waals surface area contributed by atoms with E-state index in [4.69, 9.17) is 0 Å². The van der Waals surface area contributed by atoms with Gasteiger partial charge in [0.1, 0.15) is 0 Å². The summed E-state index contributed by atoms with van der Waals surface area (Å²) in [5.41, 5.74) is 1.13. The van der Waals surface area contributed by atoms with Crippen molar-refractivity contribution in [2.24, 2.45) is 5.92 Å². The van der Waals surface area contributed by atoms with Crippen molar-refractivity contribution in [2.45, 2.75) is 117 Å². The standard InChI is InChI=1S/C30H50N2O2/c1-3-4-5-6-7-8-9-10-11-12-16-19-29(33)32(26-28-17-14-13-15-18-28)25-22-30(34)31-23-20-27(2)21-24-31/h13-15,17-18,27H,3-12,16,19-26H2,1-2H3. The normalized spacial score (nSPS) is 14.4. The van der Waals surface area contributed by atoms with Crippen LogP contribution in [0.15, 0.2) is 30.3 Å². The zero-order valence-corrected chi connectivity index (χ0v) is 22.1. The summed E-state index contributed by atoms with van der Waals surface area (Å²) in [4.78, 5) is 29.7. The predicted octanol–water partition coefficient (Wildman–Crippen LogP) is 7.36. The molecule has 0 saturated carbocycles. The van der Waals surface area contributed by atoms with Crippen LogP contribution in [-0.4, -0.2) is 41.2 Å². The van der Waals surface area contributed by atoms with E-state index >= 15 is 0 Å². The Bertz CT molecular complexity index is 668. The van der Waals surface area contributed by atoms with Gasteiger partial charge in [0.15, 0.2) is 0 Å². The zero-order chi connectivity index (χ0) is 24.4. The second kappa shape index (κ2) is 17.6. The first-order chi connectivity index (χ1) is 16.6. The van der Waals surface area contributed by atoms with E-state index in [1.165, 1.54) is 57.8 Å². The molecule has 0 unspecified atom stereocenters. The molecule has 1 aliphatic rings. The molecular formula is C30H50N2O2. The highest BCUT2D eigenvalue weighted by Gasteiger charge is 2.22. The van der Waals surface area contributed by atoms with E-state index < -0.39 is 0 Å². The molecule has 4 nitrogen and oxygen atoms in total. The first-order valence-electron chi connectivity index (χ1n) is 14.2. The predicted molar refractivity (Wildman–Crippen MR) is 143 cm³/mol. The Kier molecular flexibility index (Phi) is 14.7. The molecule has 0 bridgehead atoms. The van der Waals surface area contributed by atoms with Crippen LogP contribution in [0.2, 0.25) is 0 Å². The first-order valence-corrected chi connectivity index (χ1v) is 14.2. The summed E-state index contributed by atoms with van der Waals surface area (Å²) >= 11 is 0. The third-order valence-electron chi connectivity index (χ3n) is 7.30. The van der Waals surface area contributed by atoms with Gasteiger partial charge in [-0.15, -0.1) is 0 Å². The summed E-state index contributed by atoms with van der Waals surface area (Å²) in [5, 5.41) is 0. The van der Waals surface area contributed by atoms with Crippen molar-refractivity contribution in [1.82, 2.24) is 9.80 Å². The fraction of sp³-hybridized carbons (Fsp3) is 0.733. The summed E-state index contributed by atoms with van der Waals surface area (Å²) in [6.45, 7) is 7.38. The Labute approximate surface area is 209 Å². The highest BCUT2D eigenvalue weighted by atomic mass is 16.2. The number of carbonyl (C=O) groups is 2. The molecule has 0 N–H and O–H groups in total. The third-order valence-corrected chi connectivity index (χ3v) is 7.30. The molecule has 2 amide bonds. The Hall–Kier alpha value is -1.84. The number of hydrogen-bond donors (Lipinski definition) is 0. The maximum atomic E-state index is 13.0. The monoisotopic (exact) mass is 470 g/mol. The number of nitrogens with zero attached hydrogens (tertiary/aromatic N) is 2. The molecule has 1 aromatic carbocycles. The molecule has 1 heterocycles. The topological polar surface area (TPSA) is 40.6 Å². The minimum absolute atomic E-state index is 0.194. The van der Waals surface area contributed by atoms with E-state index in [0.717, 1.165) is 44.3 Å². The van der Waals surface area contributed by atoms with E-state index in [0.29, 0.717) is 31.8 Å². The lowest BCUT2D eigenvalue weighted by Crippen LogP contribution is -2.40. The highest BCUT2D eigenvalue weighted by molar-refractivity contribution is 5.79. The third kappa shape index (κ3) is 12.0. The van der Waals surface area contributed by atoms with Crippen LogP contribution in [0.5, 0.6) is 0 Å². The number of hydrogen-bond acceptors (Lipinski definition) is 2. The lowest BCUT2D eigenvalue weighted by molar-refractivity contribution is -0.135. The van der Waals surface area contributed by atoms with Crippen molar-refractivity contribution in [1.29, 1.82) is 0 Å². The van der Waals surface area contributed by atoms with Gasteiger partial charge in [-0.2, -0.15) is 0 Å². The molecule has 0 aromatic heterocycles. The zero-order valence-electron chi connectivity index (χ0n) is 22.1. The molecule has 0 aliphatic carbocycles. The van der Waals surface area contributed by atoms with Crippen LogP contribution in [0, 0.1) is 5.92 Å². The number of rotatable bonds is 17. The quantitative estimate of drug-likeness (QED) is 0.223. The molecule has 1 saturated heterocycles. The van der Waals surface area contributed by atoms with Crippen LogP contribution in [0.4, 0.5) is 0 Å². The summed E-state index contributed by atoms with van der Waals surface area (Å²) in [7, 11) is 0. The van der Waals surface area contributed by atoms with Crippen LogP contribution in [0.3, 0.4) is 0 Å². The number of amides is 2. The van der Waals surface area contributed by atoms with Crippen molar-refractivity contribution in [3.8, 4) is 0 Å². The smallest absolute Gasteiger partial charge is 0.224 e. The minimum Gasteiger partial charge on any atom is -0.343 e. The van der Waals surface area contributed by atoms with Crippen molar-refractivity contribution in [2.75, 3.05) is 19.6 Å². The maximum absolute atomic E-state index is 13.0. The van der Waals surface area contributed by atoms with Gasteiger partial charge in [0.2, 0.25) is 11.8 Å². The van der Waals surface area contributed by atoms with Crippen LogP contribution < -0.4 is 0 Å². The molecular weight excluding hydrogens is 420 g/mol. The van der Waals surface area contributed by atoms with Gasteiger partial charge < -0.3 is 9.80 Å². The SMILES string of the molecule is CCCCCCCCCCCCCC(=O)N(CCC(=O)N1CCC(C)CC1)Cc1ccccc1. The van der Waals surface area contributed by atoms with Gasteiger partial charge >= 0.3 is 0 Å². The van der Waals surface area contributed by atoms with Crippen LogP contribution in [0.25, 0.3) is 0 Å². The fourth-order valence-corrected chi connectivity index (χ4v) is 4.84. The number of likely N-dealkylation sites (tertiary alicyclic amines) is 1. The van der Waals surface area contributed by atoms with Crippen molar-refractivity contribution >= 4 is 11.8 Å². The molecule has 1 fully saturated rings. The van der Waals surface area contributed by atoms with Gasteiger partial charge in [0.25, 0.3) is 0 Å². The van der Waals surface area contributed by atoms with Gasteiger partial charge in [0.05, 0.1) is 0 Å². The summed E-state index contributed by atoms with van der Waals surface area (Å²) in [6, 6.07) is 10.2. The lowest BCUT2D eigenvalue weighted by Gasteiger charge is -2.31. The first kappa shape index (κ1) is 28.4. The summed E-state index contributed by atoms with van der Waals surface area (Å²) < 4.78 is 0. The molecule has 1 aliphatic heterocycles. The molecule has 4 heteroatoms. The van der Waals surface area contributed by atoms with Crippen molar-refractivity contribution in [3.05, 3.63) is 35.9 Å². The fourth-order valence-electron chi connectivity index (χ4n) is 4.84. The van der Waals surface area contributed by atoms with Crippen molar-refractivity contribution < 1.29 is 9.59 Å². The average molecular weight is 471 g/mol. The number of carbonyl (C=O) groups excluding carboxylic acids is 2. The Morgan fingerprint density at radius 1 is 0.824 bits per heavy atom. The number of unbranched alkanes of at least 4 members (excludes halogenated alkanes) is 10. The molecule has 0 atom stereocenters. The van der Waals surface area contributed by atoms with Crippen LogP contribution in [-0.2, 0) is 16.1 Å². The van der Waals surface area contributed by atoms with Gasteiger partial charge in [-0.3, -0.25) is 9.59 Å². The maximum Gasteiger partial charge on any atom is 0.224 e. The van der Waals surface area contributed by atoms with E-state index in [9.17, 15) is 9.59 Å². The molecule has 192 valence electrons. The van der Waals surface area contributed by atoms with Gasteiger partial charge in [-0.25, -0.2) is 0 Å². The lowest BCUT2D eigenvalue weighted by atomic mass is 9.99. The Balaban J connectivity index is 1.68. The second-order valence-corrected chi connectivity index (χ2v) is 10.4. The average Bonchev–Trinajstić information content (AvgIpc) is 2.85. The highest BCUT2D eigenvalue weighted by Crippen LogP contribution is 2.18. The van der Waals surface area contributed by atoms with Gasteiger partial charge in [-0.1, -0.05) is 108 Å². The van der Waals surface area contributed by atoms with Crippen LogP contribution >= 0.6 is 0 Å². The van der Waals surface area contributed by atoms with E-state index in [1.54, 1.807) is 0 Å². The van der Waals surface area contributed by atoms with Crippen molar-refractivity contribution in [3.63, 3.8) is 0 Å². The number of benzene rings is 1. The second-order valence-electron chi connectivity index (χ2n) is 10.4. The summed E-state index contributed by atoms with van der Waals surface area (Å²) in [6.07, 6.45) is 17.4. The van der Waals surface area contributed by atoms with Gasteiger partial charge in [0, 0.05) is 39.0 Å². The molecule has 2 rings (SSSR count). The van der Waals surface area contributed by atoms with E-state index in [2.05, 4.69) is 26.0 Å². The van der Waals surface area contributed by atoms with E-state index in [-0.39, 0.29) is 11.8 Å².